The number of imidazole rings is 1. The molecule has 0 unspecified atom stereocenters. The summed E-state index contributed by atoms with van der Waals surface area (Å²) in [5.41, 5.74) is 7.10. The summed E-state index contributed by atoms with van der Waals surface area (Å²) in [6.07, 6.45) is 1.63. The van der Waals surface area contributed by atoms with Gasteiger partial charge in [0.05, 0.1) is 5.52 Å². The van der Waals surface area contributed by atoms with Crippen LogP contribution in [0.25, 0.3) is 22.1 Å². The molecule has 0 saturated heterocycles. The molecule has 3 aromatic heterocycles. The number of pyridine rings is 2. The smallest absolute Gasteiger partial charge is 0.323 e. The summed E-state index contributed by atoms with van der Waals surface area (Å²) in [5, 5.41) is 0.778. The van der Waals surface area contributed by atoms with Gasteiger partial charge in [-0.25, -0.2) is 14.8 Å². The van der Waals surface area contributed by atoms with Crippen LogP contribution < -0.4 is 11.4 Å². The maximum Gasteiger partial charge on any atom is 0.323 e. The Morgan fingerprint density at radius 2 is 2.07 bits per heavy atom. The summed E-state index contributed by atoms with van der Waals surface area (Å²) in [6, 6.07) is 3.62. The Balaban J connectivity index is 2.69. The van der Waals surface area contributed by atoms with Gasteiger partial charge in [0.15, 0.2) is 11.5 Å². The van der Waals surface area contributed by atoms with Gasteiger partial charge in [-0.1, -0.05) is 0 Å². The van der Waals surface area contributed by atoms with Crippen LogP contribution in [0.15, 0.2) is 23.1 Å². The van der Waals surface area contributed by atoms with Crippen LogP contribution in [0, 0.1) is 0 Å². The third kappa shape index (κ3) is 1.01. The van der Waals surface area contributed by atoms with E-state index >= 15 is 0 Å². The van der Waals surface area contributed by atoms with E-state index in [0.29, 0.717) is 16.7 Å². The molecule has 0 saturated carbocycles. The van der Waals surface area contributed by atoms with Crippen molar-refractivity contribution in [1.82, 2.24) is 19.9 Å². The van der Waals surface area contributed by atoms with Gasteiger partial charge < -0.3 is 15.7 Å². The molecule has 0 amide bonds. The first kappa shape index (κ1) is 7.98. The second-order valence-corrected chi connectivity index (χ2v) is 3.20. The Morgan fingerprint density at radius 1 is 1.27 bits per heavy atom. The fraction of sp³-hybridized carbons (Fsp3) is 0. The van der Waals surface area contributed by atoms with E-state index in [-0.39, 0.29) is 11.5 Å². The molecule has 3 rings (SSSR count). The van der Waals surface area contributed by atoms with Crippen molar-refractivity contribution in [3.8, 4) is 0 Å². The maximum absolute atomic E-state index is 11.2. The van der Waals surface area contributed by atoms with E-state index in [1.807, 2.05) is 6.07 Å². The number of H-pyrrole nitrogens is 2. The molecule has 15 heavy (non-hydrogen) atoms. The number of aromatic nitrogens is 4. The summed E-state index contributed by atoms with van der Waals surface area (Å²) in [7, 11) is 0. The monoisotopic (exact) mass is 201 g/mol. The predicted molar refractivity (Wildman–Crippen MR) is 56.4 cm³/mol. The normalized spacial score (nSPS) is 11.2. The Morgan fingerprint density at radius 3 is 2.93 bits per heavy atom. The molecular weight excluding hydrogens is 194 g/mol. The lowest BCUT2D eigenvalue weighted by Crippen LogP contribution is -1.99. The van der Waals surface area contributed by atoms with Crippen LogP contribution in [0.2, 0.25) is 0 Å². The van der Waals surface area contributed by atoms with Crippen LogP contribution >= 0.6 is 0 Å². The number of rotatable bonds is 0. The molecule has 0 atom stereocenters. The molecule has 3 aromatic rings. The molecule has 74 valence electrons. The lowest BCUT2D eigenvalue weighted by molar-refractivity contribution is 1.21. The van der Waals surface area contributed by atoms with Crippen molar-refractivity contribution >= 4 is 27.9 Å². The van der Waals surface area contributed by atoms with E-state index in [2.05, 4.69) is 19.9 Å². The highest BCUT2D eigenvalue weighted by molar-refractivity contribution is 6.04. The predicted octanol–water partition coefficient (Wildman–Crippen LogP) is 0.382. The molecule has 0 aliphatic heterocycles. The van der Waals surface area contributed by atoms with Crippen molar-refractivity contribution in [2.75, 3.05) is 5.73 Å². The first-order valence-corrected chi connectivity index (χ1v) is 4.38. The number of nitrogens with one attached hydrogen (secondary N) is 2. The van der Waals surface area contributed by atoms with E-state index < -0.39 is 0 Å². The molecule has 6 heteroatoms. The fourth-order valence-electron chi connectivity index (χ4n) is 1.63. The molecular formula is C9H7N5O. The molecule has 6 nitrogen and oxygen atoms in total. The minimum absolute atomic E-state index is 0.273. The highest BCUT2D eigenvalue weighted by atomic mass is 16.1. The lowest BCUT2D eigenvalue weighted by Gasteiger charge is -1.99. The van der Waals surface area contributed by atoms with Gasteiger partial charge in [0.2, 0.25) is 0 Å². The van der Waals surface area contributed by atoms with Crippen molar-refractivity contribution < 1.29 is 0 Å². The van der Waals surface area contributed by atoms with Crippen molar-refractivity contribution in [1.29, 1.82) is 0 Å². The number of hydrogen-bond acceptors (Lipinski definition) is 4. The molecule has 3 heterocycles. The second kappa shape index (κ2) is 2.57. The summed E-state index contributed by atoms with van der Waals surface area (Å²) in [4.78, 5) is 24.6. The van der Waals surface area contributed by atoms with Gasteiger partial charge in [0, 0.05) is 11.6 Å². The highest BCUT2D eigenvalue weighted by Gasteiger charge is 2.08. The van der Waals surface area contributed by atoms with E-state index in [1.165, 1.54) is 0 Å². The Kier molecular flexibility index (Phi) is 1.37. The summed E-state index contributed by atoms with van der Waals surface area (Å²) < 4.78 is 0. The molecule has 0 fully saturated rings. The van der Waals surface area contributed by atoms with Gasteiger partial charge in [-0.05, 0) is 12.1 Å². The quantitative estimate of drug-likeness (QED) is 0.489. The van der Waals surface area contributed by atoms with Crippen LogP contribution in [-0.2, 0) is 0 Å². The summed E-state index contributed by atoms with van der Waals surface area (Å²) >= 11 is 0. The van der Waals surface area contributed by atoms with Crippen LogP contribution in [-0.4, -0.2) is 19.9 Å². The van der Waals surface area contributed by atoms with Gasteiger partial charge in [-0.2, -0.15) is 0 Å². The zero-order chi connectivity index (χ0) is 10.4. The number of nitrogens with zero attached hydrogens (tertiary/aromatic N) is 2. The van der Waals surface area contributed by atoms with Crippen molar-refractivity contribution in [2.45, 2.75) is 0 Å². The van der Waals surface area contributed by atoms with Crippen LogP contribution in [0.3, 0.4) is 0 Å². The topological polar surface area (TPSA) is 100 Å². The van der Waals surface area contributed by atoms with Crippen LogP contribution in [0.5, 0.6) is 0 Å². The van der Waals surface area contributed by atoms with Gasteiger partial charge >= 0.3 is 5.69 Å². The first-order chi connectivity index (χ1) is 7.25. The van der Waals surface area contributed by atoms with Crippen LogP contribution in [0.1, 0.15) is 0 Å². The zero-order valence-electron chi connectivity index (χ0n) is 7.61. The molecule has 0 bridgehead atoms. The molecule has 0 aliphatic rings. The standard InChI is InChI=1S/C9H7N5O/c10-7-6-5(12-9(15)13-6)4-2-1-3-11-8(4)14-7/h1-3H,(H2,10,11,14)(H2,12,13,15). The molecule has 0 spiro atoms. The third-order valence-electron chi connectivity index (χ3n) is 2.27. The zero-order valence-corrected chi connectivity index (χ0v) is 7.61. The van der Waals surface area contributed by atoms with Gasteiger partial charge in [0.25, 0.3) is 0 Å². The maximum atomic E-state index is 11.2. The Bertz CT molecular complexity index is 711. The number of aromatic amines is 2. The van der Waals surface area contributed by atoms with Crippen molar-refractivity contribution in [3.63, 3.8) is 0 Å². The molecule has 4 N–H and O–H groups in total. The Labute approximate surface area is 83.2 Å². The minimum atomic E-state index is -0.296. The highest BCUT2D eigenvalue weighted by Crippen LogP contribution is 2.21. The van der Waals surface area contributed by atoms with E-state index in [1.54, 1.807) is 12.3 Å². The fourth-order valence-corrected chi connectivity index (χ4v) is 1.63. The molecule has 0 radical (unpaired) electrons. The number of hydrogen-bond donors (Lipinski definition) is 3. The molecule has 0 aliphatic carbocycles. The van der Waals surface area contributed by atoms with Gasteiger partial charge in [0.1, 0.15) is 5.52 Å². The summed E-state index contributed by atoms with van der Waals surface area (Å²) in [6.45, 7) is 0. The second-order valence-electron chi connectivity index (χ2n) is 3.20. The Hall–Kier alpha value is -2.37. The number of fused-ring (bicyclic) bond motifs is 3. The van der Waals surface area contributed by atoms with Crippen molar-refractivity contribution in [2.24, 2.45) is 0 Å². The average molecular weight is 201 g/mol. The molecule has 0 aromatic carbocycles. The SMILES string of the molecule is Nc1nc2ncccc2c2[nH]c(=O)[nH]c12. The van der Waals surface area contributed by atoms with E-state index in [0.717, 1.165) is 5.39 Å². The summed E-state index contributed by atoms with van der Waals surface area (Å²) in [5.74, 6) is 0.273. The van der Waals surface area contributed by atoms with Crippen molar-refractivity contribution in [3.05, 3.63) is 28.8 Å². The van der Waals surface area contributed by atoms with Gasteiger partial charge in [-0.3, -0.25) is 0 Å². The van der Waals surface area contributed by atoms with Gasteiger partial charge in [-0.15, -0.1) is 0 Å². The third-order valence-corrected chi connectivity index (χ3v) is 2.27. The van der Waals surface area contributed by atoms with E-state index in [4.69, 9.17) is 5.73 Å². The largest absolute Gasteiger partial charge is 0.382 e. The average Bonchev–Trinajstić information content (AvgIpc) is 2.61. The van der Waals surface area contributed by atoms with E-state index in [9.17, 15) is 4.79 Å². The number of anilines is 1. The number of nitrogens with two attached hydrogens (primary N) is 1. The number of nitrogen functional groups attached to an aromatic ring is 1. The van der Waals surface area contributed by atoms with Crippen LogP contribution in [0.4, 0.5) is 5.82 Å². The minimum Gasteiger partial charge on any atom is -0.382 e. The first-order valence-electron chi connectivity index (χ1n) is 4.38. The lowest BCUT2D eigenvalue weighted by atomic mass is 10.2.